The fraction of sp³-hybridized carbons (Fsp3) is 0.500. The number of carboxylic acid groups (broad SMARTS) is 1. The second-order valence-electron chi connectivity index (χ2n) is 5.62. The maximum Gasteiger partial charge on any atom is 1.00 e. The van der Waals surface area contributed by atoms with Gasteiger partial charge >= 0.3 is 57.5 Å². The van der Waals surface area contributed by atoms with Crippen molar-refractivity contribution < 1.29 is 70.8 Å². The van der Waals surface area contributed by atoms with Gasteiger partial charge in [-0.25, -0.2) is 4.79 Å². The zero-order valence-corrected chi connectivity index (χ0v) is 17.1. The van der Waals surface area contributed by atoms with E-state index in [1.54, 1.807) is 24.3 Å². The van der Waals surface area contributed by atoms with Crippen LogP contribution in [0, 0.1) is 11.8 Å². The summed E-state index contributed by atoms with van der Waals surface area (Å²) in [6.07, 6.45) is 2.35. The van der Waals surface area contributed by atoms with Gasteiger partial charge in [0.25, 0.3) is 0 Å². The summed E-state index contributed by atoms with van der Waals surface area (Å²) in [4.78, 5) is 22.4. The Labute approximate surface area is 183 Å². The summed E-state index contributed by atoms with van der Waals surface area (Å²) in [5, 5.41) is 14.1. The summed E-state index contributed by atoms with van der Waals surface area (Å²) in [6, 6.07) is 7.09. The van der Waals surface area contributed by atoms with Crippen LogP contribution in [0.15, 0.2) is 24.3 Å². The molecule has 23 heavy (non-hydrogen) atoms. The van der Waals surface area contributed by atoms with E-state index in [9.17, 15) is 14.7 Å². The summed E-state index contributed by atoms with van der Waals surface area (Å²) >= 11 is 5.78. The minimum Gasteiger partial charge on any atom is -0.550 e. The standard InChI is InChI=1S/C16H20ClNO4.K/c17-14-7-3-12(4-8-14)10-22-16(21)18-9-11-1-5-13(6-2-11)15(19)20;/h3-4,7-8,11,13H,1-2,5-6,9-10H2,(H,18,21)(H,19,20);/q;+1/p-1/t11-,13-;. The van der Waals surface area contributed by atoms with E-state index >= 15 is 0 Å². The Kier molecular flexibility index (Phi) is 9.73. The Bertz CT molecular complexity index is 515. The summed E-state index contributed by atoms with van der Waals surface area (Å²) in [7, 11) is 0. The fourth-order valence-electron chi connectivity index (χ4n) is 2.61. The molecule has 0 spiro atoms. The molecule has 0 atom stereocenters. The van der Waals surface area contributed by atoms with Crippen LogP contribution in [0.3, 0.4) is 0 Å². The molecule has 1 N–H and O–H groups in total. The van der Waals surface area contributed by atoms with E-state index in [4.69, 9.17) is 16.3 Å². The van der Waals surface area contributed by atoms with Gasteiger partial charge < -0.3 is 20.0 Å². The zero-order valence-electron chi connectivity index (χ0n) is 13.2. The van der Waals surface area contributed by atoms with Gasteiger partial charge in [-0.2, -0.15) is 0 Å². The number of carboxylic acids is 1. The number of carbonyl (C=O) groups excluding carboxylic acids is 2. The van der Waals surface area contributed by atoms with Crippen molar-refractivity contribution in [3.63, 3.8) is 0 Å². The minimum absolute atomic E-state index is 0. The van der Waals surface area contributed by atoms with Crippen molar-refractivity contribution in [1.29, 1.82) is 0 Å². The molecule has 0 bridgehead atoms. The predicted octanol–water partition coefficient (Wildman–Crippen LogP) is -0.873. The van der Waals surface area contributed by atoms with Crippen LogP contribution >= 0.6 is 11.6 Å². The van der Waals surface area contributed by atoms with Gasteiger partial charge in [0.1, 0.15) is 6.61 Å². The third-order valence-corrected chi connectivity index (χ3v) is 4.25. The van der Waals surface area contributed by atoms with Gasteiger partial charge in [-0.05, 0) is 55.2 Å². The Morgan fingerprint density at radius 3 is 2.35 bits per heavy atom. The van der Waals surface area contributed by atoms with E-state index in [2.05, 4.69) is 5.32 Å². The van der Waals surface area contributed by atoms with Crippen LogP contribution in [0.4, 0.5) is 4.79 Å². The van der Waals surface area contributed by atoms with Crippen LogP contribution in [0.2, 0.25) is 5.02 Å². The van der Waals surface area contributed by atoms with Gasteiger partial charge in [0, 0.05) is 17.5 Å². The van der Waals surface area contributed by atoms with Crippen molar-refractivity contribution in [3.8, 4) is 0 Å². The van der Waals surface area contributed by atoms with Gasteiger partial charge in [-0.3, -0.25) is 0 Å². The van der Waals surface area contributed by atoms with E-state index in [1.807, 2.05) is 0 Å². The number of amides is 1. The van der Waals surface area contributed by atoms with E-state index in [1.165, 1.54) is 0 Å². The van der Waals surface area contributed by atoms with Gasteiger partial charge in [0.2, 0.25) is 0 Å². The van der Waals surface area contributed by atoms with Crippen LogP contribution in [0.25, 0.3) is 0 Å². The number of hydrogen-bond donors (Lipinski definition) is 1. The topological polar surface area (TPSA) is 78.5 Å². The number of alkyl carbamates (subject to hydrolysis) is 1. The third kappa shape index (κ3) is 7.54. The number of carbonyl (C=O) groups is 2. The number of ether oxygens (including phenoxy) is 1. The second-order valence-corrected chi connectivity index (χ2v) is 6.06. The first-order chi connectivity index (χ1) is 10.5. The Balaban J connectivity index is 0.00000264. The molecular weight excluding hydrogens is 345 g/mol. The quantitative estimate of drug-likeness (QED) is 0.690. The summed E-state index contributed by atoms with van der Waals surface area (Å²) in [6.45, 7) is 0.708. The normalized spacial score (nSPS) is 20.2. The average molecular weight is 364 g/mol. The van der Waals surface area contributed by atoms with Gasteiger partial charge in [0.05, 0.1) is 0 Å². The molecule has 1 aliphatic rings. The van der Waals surface area contributed by atoms with E-state index in [0.717, 1.165) is 18.4 Å². The Morgan fingerprint density at radius 1 is 1.17 bits per heavy atom. The average Bonchev–Trinajstić information content (AvgIpc) is 2.52. The number of benzene rings is 1. The summed E-state index contributed by atoms with van der Waals surface area (Å²) in [5.74, 6) is -0.999. The largest absolute Gasteiger partial charge is 1.00 e. The van der Waals surface area contributed by atoms with E-state index in [0.29, 0.717) is 30.3 Å². The van der Waals surface area contributed by atoms with Crippen molar-refractivity contribution in [2.24, 2.45) is 11.8 Å². The number of halogens is 1. The molecule has 2 rings (SSSR count). The van der Waals surface area contributed by atoms with Crippen molar-refractivity contribution in [3.05, 3.63) is 34.9 Å². The maximum atomic E-state index is 11.6. The molecule has 0 aromatic heterocycles. The molecular formula is C16H19ClKNO4. The molecule has 1 saturated carbocycles. The molecule has 1 aliphatic carbocycles. The summed E-state index contributed by atoms with van der Waals surface area (Å²) < 4.78 is 5.12. The van der Waals surface area contributed by atoms with Crippen molar-refractivity contribution in [1.82, 2.24) is 5.32 Å². The van der Waals surface area contributed by atoms with Crippen LogP contribution in [0.5, 0.6) is 0 Å². The number of hydrogen-bond acceptors (Lipinski definition) is 4. The van der Waals surface area contributed by atoms with Crippen LogP contribution in [0.1, 0.15) is 31.2 Å². The van der Waals surface area contributed by atoms with E-state index in [-0.39, 0.29) is 63.9 Å². The van der Waals surface area contributed by atoms with Crippen LogP contribution in [-0.4, -0.2) is 18.6 Å². The van der Waals surface area contributed by atoms with Gasteiger partial charge in [-0.15, -0.1) is 0 Å². The molecule has 1 aromatic carbocycles. The second kappa shape index (κ2) is 10.7. The van der Waals surface area contributed by atoms with Crippen molar-refractivity contribution in [2.75, 3.05) is 6.54 Å². The van der Waals surface area contributed by atoms with E-state index < -0.39 is 12.1 Å². The molecule has 1 fully saturated rings. The van der Waals surface area contributed by atoms with Gasteiger partial charge in [-0.1, -0.05) is 23.7 Å². The number of nitrogens with one attached hydrogen (secondary N) is 1. The predicted molar refractivity (Wildman–Crippen MR) is 80.1 cm³/mol. The monoisotopic (exact) mass is 363 g/mol. The molecule has 7 heteroatoms. The number of aliphatic carboxylic acids is 1. The number of rotatable bonds is 5. The van der Waals surface area contributed by atoms with Gasteiger partial charge in [0.15, 0.2) is 0 Å². The minimum atomic E-state index is -0.964. The Morgan fingerprint density at radius 2 is 1.78 bits per heavy atom. The van der Waals surface area contributed by atoms with Crippen molar-refractivity contribution in [2.45, 2.75) is 32.3 Å². The third-order valence-electron chi connectivity index (χ3n) is 4.00. The molecule has 0 heterocycles. The maximum absolute atomic E-state index is 11.6. The molecule has 1 amide bonds. The fourth-order valence-corrected chi connectivity index (χ4v) is 2.74. The molecule has 120 valence electrons. The first-order valence-corrected chi connectivity index (χ1v) is 7.78. The molecule has 0 saturated heterocycles. The summed E-state index contributed by atoms with van der Waals surface area (Å²) in [5.41, 5.74) is 0.869. The molecule has 1 aromatic rings. The SMILES string of the molecule is O=C(NC[C@H]1CC[C@H](C(=O)[O-])CC1)OCc1ccc(Cl)cc1.[K+]. The Hall–Kier alpha value is -0.114. The van der Waals surface area contributed by atoms with Crippen molar-refractivity contribution >= 4 is 23.7 Å². The molecule has 0 radical (unpaired) electrons. The zero-order chi connectivity index (χ0) is 15.9. The van der Waals surface area contributed by atoms with Crippen LogP contribution in [-0.2, 0) is 16.1 Å². The molecule has 0 unspecified atom stereocenters. The first kappa shape index (κ1) is 20.9. The first-order valence-electron chi connectivity index (χ1n) is 7.40. The molecule has 0 aliphatic heterocycles. The smallest absolute Gasteiger partial charge is 0.550 e. The van der Waals surface area contributed by atoms with Crippen LogP contribution < -0.4 is 61.8 Å². The molecule has 5 nitrogen and oxygen atoms in total.